The van der Waals surface area contributed by atoms with E-state index in [9.17, 15) is 9.00 Å². The number of halogens is 1. The second-order valence-corrected chi connectivity index (χ2v) is 5.39. The van der Waals surface area contributed by atoms with Crippen molar-refractivity contribution in [1.29, 1.82) is 0 Å². The molecule has 4 nitrogen and oxygen atoms in total. The molecule has 0 radical (unpaired) electrons. The summed E-state index contributed by atoms with van der Waals surface area (Å²) >= 11 is 5.74. The second-order valence-electron chi connectivity index (χ2n) is 3.49. The third-order valence-electron chi connectivity index (χ3n) is 2.00. The molecular formula is C11H15ClN2O2S. The number of carbonyl (C=O) groups excluding carboxylic acids is 1. The molecule has 0 heterocycles. The maximum atomic E-state index is 11.7. The normalized spacial score (nSPS) is 12.1. The highest BCUT2D eigenvalue weighted by atomic mass is 35.5. The van der Waals surface area contributed by atoms with Crippen molar-refractivity contribution in [2.45, 2.75) is 5.75 Å². The lowest BCUT2D eigenvalue weighted by molar-refractivity contribution is -0.118. The smallest absolute Gasteiger partial charge is 0.232 e. The Morgan fingerprint density at radius 3 is 2.59 bits per heavy atom. The number of amides is 1. The lowest BCUT2D eigenvalue weighted by Gasteiger charge is -2.04. The number of nitrogens with two attached hydrogens (primary N) is 1. The Kier molecular flexibility index (Phi) is 6.18. The molecule has 0 saturated carbocycles. The van der Waals surface area contributed by atoms with Crippen LogP contribution in [0.15, 0.2) is 24.3 Å². The SMILES string of the molecule is NCCNC(=O)CS(=O)Cc1ccc(Cl)cc1. The second kappa shape index (κ2) is 7.42. The quantitative estimate of drug-likeness (QED) is 0.801. The monoisotopic (exact) mass is 274 g/mol. The molecule has 1 amide bonds. The van der Waals surface area contributed by atoms with Gasteiger partial charge >= 0.3 is 0 Å². The number of hydrogen-bond acceptors (Lipinski definition) is 3. The fourth-order valence-electron chi connectivity index (χ4n) is 1.23. The Morgan fingerprint density at radius 2 is 2.00 bits per heavy atom. The molecule has 1 rings (SSSR count). The van der Waals surface area contributed by atoms with Crippen molar-refractivity contribution in [1.82, 2.24) is 5.32 Å². The summed E-state index contributed by atoms with van der Waals surface area (Å²) in [5.74, 6) is 0.123. The number of nitrogens with one attached hydrogen (secondary N) is 1. The van der Waals surface area contributed by atoms with E-state index in [2.05, 4.69) is 5.32 Å². The van der Waals surface area contributed by atoms with Gasteiger partial charge in [-0.15, -0.1) is 0 Å². The van der Waals surface area contributed by atoms with Gasteiger partial charge in [-0.3, -0.25) is 9.00 Å². The first kappa shape index (κ1) is 14.2. The van der Waals surface area contributed by atoms with Gasteiger partial charge in [0.25, 0.3) is 0 Å². The highest BCUT2D eigenvalue weighted by Gasteiger charge is 2.07. The standard InChI is InChI=1S/C11H15ClN2O2S/c12-10-3-1-9(2-4-10)7-17(16)8-11(15)14-6-5-13/h1-4H,5-8,13H2,(H,14,15). The molecule has 0 spiro atoms. The van der Waals surface area contributed by atoms with Gasteiger partial charge in [0.05, 0.1) is 0 Å². The zero-order chi connectivity index (χ0) is 12.7. The third kappa shape index (κ3) is 5.81. The Morgan fingerprint density at radius 1 is 1.35 bits per heavy atom. The Balaban J connectivity index is 2.39. The largest absolute Gasteiger partial charge is 0.354 e. The van der Waals surface area contributed by atoms with E-state index in [4.69, 9.17) is 17.3 Å². The summed E-state index contributed by atoms with van der Waals surface area (Å²) in [6.45, 7) is 0.798. The van der Waals surface area contributed by atoms with Crippen molar-refractivity contribution in [3.8, 4) is 0 Å². The summed E-state index contributed by atoms with van der Waals surface area (Å²) in [4.78, 5) is 11.3. The minimum atomic E-state index is -1.21. The van der Waals surface area contributed by atoms with Crippen molar-refractivity contribution >= 4 is 28.3 Å². The Labute approximate surface area is 108 Å². The van der Waals surface area contributed by atoms with E-state index in [-0.39, 0.29) is 11.7 Å². The first-order chi connectivity index (χ1) is 8.11. The lowest BCUT2D eigenvalue weighted by Crippen LogP contribution is -2.32. The molecule has 0 aliphatic heterocycles. The molecule has 0 saturated heterocycles. The molecule has 1 unspecified atom stereocenters. The van der Waals surface area contributed by atoms with Gasteiger partial charge in [0.15, 0.2) is 0 Å². The van der Waals surface area contributed by atoms with Crippen molar-refractivity contribution in [2.75, 3.05) is 18.8 Å². The summed E-state index contributed by atoms with van der Waals surface area (Å²) in [6.07, 6.45) is 0. The number of carbonyl (C=O) groups is 1. The minimum Gasteiger partial charge on any atom is -0.354 e. The van der Waals surface area contributed by atoms with Crippen LogP contribution < -0.4 is 11.1 Å². The molecule has 1 aromatic carbocycles. The van der Waals surface area contributed by atoms with E-state index < -0.39 is 10.8 Å². The topological polar surface area (TPSA) is 72.2 Å². The van der Waals surface area contributed by atoms with Crippen molar-refractivity contribution < 1.29 is 9.00 Å². The van der Waals surface area contributed by atoms with E-state index in [1.54, 1.807) is 24.3 Å². The fourth-order valence-corrected chi connectivity index (χ4v) is 2.41. The van der Waals surface area contributed by atoms with Gasteiger partial charge < -0.3 is 11.1 Å². The van der Waals surface area contributed by atoms with Crippen molar-refractivity contribution in [3.63, 3.8) is 0 Å². The molecule has 3 N–H and O–H groups in total. The van der Waals surface area contributed by atoms with E-state index in [0.717, 1.165) is 5.56 Å². The minimum absolute atomic E-state index is 0.00261. The van der Waals surface area contributed by atoms with E-state index in [1.165, 1.54) is 0 Å². The van der Waals surface area contributed by atoms with Crippen LogP contribution in [0.25, 0.3) is 0 Å². The van der Waals surface area contributed by atoms with Crippen LogP contribution in [0, 0.1) is 0 Å². The van der Waals surface area contributed by atoms with Crippen LogP contribution in [-0.2, 0) is 21.3 Å². The first-order valence-electron chi connectivity index (χ1n) is 5.18. The van der Waals surface area contributed by atoms with Gasteiger partial charge in [0.2, 0.25) is 5.91 Å². The molecule has 1 aromatic rings. The molecular weight excluding hydrogens is 260 g/mol. The lowest BCUT2D eigenvalue weighted by atomic mass is 10.2. The van der Waals surface area contributed by atoms with Crippen LogP contribution in [0.2, 0.25) is 5.02 Å². The number of hydrogen-bond donors (Lipinski definition) is 2. The van der Waals surface area contributed by atoms with E-state index in [1.807, 2.05) is 0 Å². The molecule has 0 aliphatic rings. The zero-order valence-electron chi connectivity index (χ0n) is 9.32. The van der Waals surface area contributed by atoms with Gasteiger partial charge in [-0.2, -0.15) is 0 Å². The van der Waals surface area contributed by atoms with Gasteiger partial charge in [-0.05, 0) is 17.7 Å². The Bertz CT molecular complexity index is 395. The summed E-state index contributed by atoms with van der Waals surface area (Å²) < 4.78 is 11.7. The van der Waals surface area contributed by atoms with Crippen LogP contribution in [-0.4, -0.2) is 29.0 Å². The molecule has 0 aromatic heterocycles. The molecule has 6 heteroatoms. The predicted molar refractivity (Wildman–Crippen MR) is 70.2 cm³/mol. The summed E-state index contributed by atoms with van der Waals surface area (Å²) in [5.41, 5.74) is 6.14. The first-order valence-corrected chi connectivity index (χ1v) is 7.04. The van der Waals surface area contributed by atoms with Crippen molar-refractivity contribution in [2.24, 2.45) is 5.73 Å². The van der Waals surface area contributed by atoms with E-state index >= 15 is 0 Å². The van der Waals surface area contributed by atoms with Gasteiger partial charge in [0.1, 0.15) is 5.75 Å². The van der Waals surface area contributed by atoms with Crippen LogP contribution in [0.1, 0.15) is 5.56 Å². The highest BCUT2D eigenvalue weighted by molar-refractivity contribution is 7.84. The average Bonchev–Trinajstić information content (AvgIpc) is 2.29. The highest BCUT2D eigenvalue weighted by Crippen LogP contribution is 2.10. The van der Waals surface area contributed by atoms with Crippen molar-refractivity contribution in [3.05, 3.63) is 34.9 Å². The van der Waals surface area contributed by atoms with E-state index in [0.29, 0.717) is 23.9 Å². The van der Waals surface area contributed by atoms with Crippen LogP contribution in [0.4, 0.5) is 0 Å². The summed E-state index contributed by atoms with van der Waals surface area (Å²) in [5, 5.41) is 3.22. The summed E-state index contributed by atoms with van der Waals surface area (Å²) in [7, 11) is -1.21. The third-order valence-corrected chi connectivity index (χ3v) is 3.49. The molecule has 17 heavy (non-hydrogen) atoms. The molecule has 0 aliphatic carbocycles. The van der Waals surface area contributed by atoms with Crippen LogP contribution >= 0.6 is 11.6 Å². The predicted octanol–water partition coefficient (Wildman–Crippen LogP) is 0.664. The molecule has 94 valence electrons. The van der Waals surface area contributed by atoms with Crippen LogP contribution in [0.3, 0.4) is 0 Å². The van der Waals surface area contributed by atoms with Gasteiger partial charge in [0, 0.05) is 34.7 Å². The van der Waals surface area contributed by atoms with Gasteiger partial charge in [-0.1, -0.05) is 23.7 Å². The summed E-state index contributed by atoms with van der Waals surface area (Å²) in [6, 6.07) is 7.08. The molecule has 0 bridgehead atoms. The zero-order valence-corrected chi connectivity index (χ0v) is 10.9. The van der Waals surface area contributed by atoms with Gasteiger partial charge in [-0.25, -0.2) is 0 Å². The van der Waals surface area contributed by atoms with Crippen LogP contribution in [0.5, 0.6) is 0 Å². The molecule has 0 fully saturated rings. The Hall–Kier alpha value is -0.910. The maximum Gasteiger partial charge on any atom is 0.232 e. The fraction of sp³-hybridized carbons (Fsp3) is 0.364. The number of benzene rings is 1. The molecule has 1 atom stereocenters. The average molecular weight is 275 g/mol. The number of rotatable bonds is 6. The maximum absolute atomic E-state index is 11.7.